The van der Waals surface area contributed by atoms with Gasteiger partial charge in [0.05, 0.1) is 12.0 Å². The first-order valence-corrected chi connectivity index (χ1v) is 7.87. The van der Waals surface area contributed by atoms with E-state index in [1.807, 2.05) is 4.90 Å². The van der Waals surface area contributed by atoms with E-state index in [2.05, 4.69) is 5.32 Å². The van der Waals surface area contributed by atoms with Crippen molar-refractivity contribution >= 4 is 11.6 Å². The van der Waals surface area contributed by atoms with Crippen LogP contribution in [0.1, 0.15) is 29.6 Å². The summed E-state index contributed by atoms with van der Waals surface area (Å²) >= 11 is 0. The Kier molecular flexibility index (Phi) is 4.21. The second-order valence-electron chi connectivity index (χ2n) is 6.36. The monoisotopic (exact) mass is 319 g/mol. The van der Waals surface area contributed by atoms with Crippen LogP contribution in [-0.2, 0) is 0 Å². The van der Waals surface area contributed by atoms with Gasteiger partial charge in [0.15, 0.2) is 5.75 Å². The number of nitrogens with zero attached hydrogens (tertiary/aromatic N) is 2. The topological polar surface area (TPSA) is 84.7 Å². The summed E-state index contributed by atoms with van der Waals surface area (Å²) in [5.41, 5.74) is 0.663. The Hall–Kier alpha value is -2.15. The number of amides is 1. The lowest BCUT2D eigenvalue weighted by Gasteiger charge is -2.38. The molecule has 23 heavy (non-hydrogen) atoms. The molecular formula is C16H21N3O4. The zero-order valence-corrected chi connectivity index (χ0v) is 13.2. The average molecular weight is 319 g/mol. The molecule has 0 saturated carbocycles. The van der Waals surface area contributed by atoms with Crippen molar-refractivity contribution in [2.45, 2.75) is 19.3 Å². The van der Waals surface area contributed by atoms with Gasteiger partial charge in [-0.3, -0.25) is 14.9 Å². The summed E-state index contributed by atoms with van der Waals surface area (Å²) in [7, 11) is 1.37. The standard InChI is InChI=1S/C16H21N3O4/c1-23-14-10-12(2-3-13(14)19(21)22)15(20)18-8-5-16(6-9-18)4-7-17-11-16/h2-3,10,17H,4-9,11H2,1H3. The number of nitro groups is 1. The summed E-state index contributed by atoms with van der Waals surface area (Å²) in [6.07, 6.45) is 3.20. The van der Waals surface area contributed by atoms with Gasteiger partial charge in [0, 0.05) is 37.3 Å². The number of likely N-dealkylation sites (tertiary alicyclic amines) is 1. The molecule has 0 aromatic heterocycles. The van der Waals surface area contributed by atoms with E-state index in [0.717, 1.165) is 39.0 Å². The molecule has 2 aliphatic heterocycles. The van der Waals surface area contributed by atoms with Crippen molar-refractivity contribution in [3.05, 3.63) is 33.9 Å². The van der Waals surface area contributed by atoms with Crippen LogP contribution in [0.3, 0.4) is 0 Å². The highest BCUT2D eigenvalue weighted by Crippen LogP contribution is 2.37. The highest BCUT2D eigenvalue weighted by molar-refractivity contribution is 5.95. The number of ether oxygens (including phenoxy) is 1. The van der Waals surface area contributed by atoms with Crippen LogP contribution in [0.4, 0.5) is 5.69 Å². The lowest BCUT2D eigenvalue weighted by atomic mass is 9.78. The normalized spacial score (nSPS) is 19.8. The van der Waals surface area contributed by atoms with E-state index in [9.17, 15) is 14.9 Å². The number of hydrogen-bond donors (Lipinski definition) is 1. The Balaban J connectivity index is 1.72. The molecule has 2 aliphatic rings. The lowest BCUT2D eigenvalue weighted by molar-refractivity contribution is -0.385. The fourth-order valence-electron chi connectivity index (χ4n) is 3.55. The molecule has 0 bridgehead atoms. The summed E-state index contributed by atoms with van der Waals surface area (Å²) in [5, 5.41) is 14.3. The van der Waals surface area contributed by atoms with E-state index in [4.69, 9.17) is 4.74 Å². The number of hydrogen-bond acceptors (Lipinski definition) is 5. The zero-order chi connectivity index (χ0) is 16.4. The van der Waals surface area contributed by atoms with Crippen LogP contribution in [0.2, 0.25) is 0 Å². The number of rotatable bonds is 3. The first-order valence-electron chi connectivity index (χ1n) is 7.87. The fourth-order valence-corrected chi connectivity index (χ4v) is 3.55. The molecule has 2 fully saturated rings. The lowest BCUT2D eigenvalue weighted by Crippen LogP contribution is -2.44. The second kappa shape index (κ2) is 6.16. The summed E-state index contributed by atoms with van der Waals surface area (Å²) in [5.74, 6) is 0.0355. The van der Waals surface area contributed by atoms with Crippen molar-refractivity contribution < 1.29 is 14.5 Å². The minimum absolute atomic E-state index is 0.0843. The maximum absolute atomic E-state index is 12.6. The van der Waals surface area contributed by atoms with Gasteiger partial charge in [-0.1, -0.05) is 0 Å². The first kappa shape index (κ1) is 15.7. The van der Waals surface area contributed by atoms with Gasteiger partial charge >= 0.3 is 5.69 Å². The smallest absolute Gasteiger partial charge is 0.310 e. The van der Waals surface area contributed by atoms with Crippen LogP contribution in [-0.4, -0.2) is 49.0 Å². The summed E-state index contributed by atoms with van der Waals surface area (Å²) in [6.45, 7) is 3.58. The van der Waals surface area contributed by atoms with Crippen LogP contribution < -0.4 is 10.1 Å². The number of piperidine rings is 1. The van der Waals surface area contributed by atoms with Crippen LogP contribution in [0, 0.1) is 15.5 Å². The molecule has 0 radical (unpaired) electrons. The van der Waals surface area contributed by atoms with Crippen molar-refractivity contribution in [1.82, 2.24) is 10.2 Å². The molecular weight excluding hydrogens is 298 g/mol. The average Bonchev–Trinajstić information content (AvgIpc) is 3.02. The number of carbonyl (C=O) groups is 1. The first-order chi connectivity index (χ1) is 11.0. The van der Waals surface area contributed by atoms with Crippen LogP contribution in [0.25, 0.3) is 0 Å². The summed E-state index contributed by atoms with van der Waals surface area (Å²) < 4.78 is 5.04. The van der Waals surface area contributed by atoms with E-state index in [1.54, 1.807) is 0 Å². The van der Waals surface area contributed by atoms with Gasteiger partial charge in [0.1, 0.15) is 0 Å². The quantitative estimate of drug-likeness (QED) is 0.678. The number of nitro benzene ring substituents is 1. The van der Waals surface area contributed by atoms with Crippen LogP contribution in [0.5, 0.6) is 5.75 Å². The van der Waals surface area contributed by atoms with Gasteiger partial charge in [-0.05, 0) is 37.3 Å². The summed E-state index contributed by atoms with van der Waals surface area (Å²) in [6, 6.07) is 4.30. The highest BCUT2D eigenvalue weighted by Gasteiger charge is 2.38. The molecule has 0 atom stereocenters. The number of carbonyl (C=O) groups excluding carboxylic acids is 1. The largest absolute Gasteiger partial charge is 0.490 e. The highest BCUT2D eigenvalue weighted by atomic mass is 16.6. The van der Waals surface area contributed by atoms with Gasteiger partial charge in [-0.15, -0.1) is 0 Å². The third-order valence-corrected chi connectivity index (χ3v) is 5.07. The second-order valence-corrected chi connectivity index (χ2v) is 6.36. The third-order valence-electron chi connectivity index (χ3n) is 5.07. The fraction of sp³-hybridized carbons (Fsp3) is 0.562. The molecule has 1 aromatic carbocycles. The van der Waals surface area contributed by atoms with E-state index in [0.29, 0.717) is 11.0 Å². The molecule has 7 nitrogen and oxygen atoms in total. The van der Waals surface area contributed by atoms with Gasteiger partial charge < -0.3 is 15.0 Å². The van der Waals surface area contributed by atoms with Crippen molar-refractivity contribution in [2.24, 2.45) is 5.41 Å². The number of nitrogens with one attached hydrogen (secondary N) is 1. The minimum Gasteiger partial charge on any atom is -0.490 e. The molecule has 1 aromatic rings. The van der Waals surface area contributed by atoms with Gasteiger partial charge in [0.2, 0.25) is 0 Å². The van der Waals surface area contributed by atoms with E-state index in [1.165, 1.54) is 31.7 Å². The van der Waals surface area contributed by atoms with E-state index < -0.39 is 4.92 Å². The summed E-state index contributed by atoms with van der Waals surface area (Å²) in [4.78, 5) is 24.9. The molecule has 1 spiro atoms. The third kappa shape index (κ3) is 3.01. The van der Waals surface area contributed by atoms with Crippen molar-refractivity contribution in [1.29, 1.82) is 0 Å². The predicted octanol–water partition coefficient (Wildman–Crippen LogP) is 1.82. The molecule has 0 unspecified atom stereocenters. The maximum atomic E-state index is 12.6. The van der Waals surface area contributed by atoms with Crippen molar-refractivity contribution in [3.63, 3.8) is 0 Å². The Bertz CT molecular complexity index is 616. The molecule has 0 aliphatic carbocycles. The Morgan fingerprint density at radius 2 is 2.09 bits per heavy atom. The molecule has 1 N–H and O–H groups in total. The SMILES string of the molecule is COc1cc(C(=O)N2CCC3(CCNC3)CC2)ccc1[N+](=O)[O-]. The number of methoxy groups -OCH3 is 1. The maximum Gasteiger partial charge on any atom is 0.310 e. The molecule has 3 rings (SSSR count). The van der Waals surface area contributed by atoms with Crippen molar-refractivity contribution in [3.8, 4) is 5.75 Å². The predicted molar refractivity (Wildman–Crippen MR) is 84.7 cm³/mol. The van der Waals surface area contributed by atoms with Crippen LogP contribution in [0.15, 0.2) is 18.2 Å². The van der Waals surface area contributed by atoms with Gasteiger partial charge in [-0.25, -0.2) is 0 Å². The van der Waals surface area contributed by atoms with E-state index in [-0.39, 0.29) is 17.3 Å². The van der Waals surface area contributed by atoms with E-state index >= 15 is 0 Å². The number of benzene rings is 1. The zero-order valence-electron chi connectivity index (χ0n) is 13.2. The molecule has 124 valence electrons. The van der Waals surface area contributed by atoms with Gasteiger partial charge in [0.25, 0.3) is 5.91 Å². The molecule has 1 amide bonds. The van der Waals surface area contributed by atoms with Crippen LogP contribution >= 0.6 is 0 Å². The molecule has 7 heteroatoms. The Morgan fingerprint density at radius 1 is 1.35 bits per heavy atom. The molecule has 2 saturated heterocycles. The van der Waals surface area contributed by atoms with Crippen molar-refractivity contribution in [2.75, 3.05) is 33.3 Å². The molecule has 2 heterocycles. The Labute approximate surface area is 134 Å². The van der Waals surface area contributed by atoms with Gasteiger partial charge in [-0.2, -0.15) is 0 Å². The minimum atomic E-state index is -0.509. The Morgan fingerprint density at radius 3 is 2.65 bits per heavy atom.